The van der Waals surface area contributed by atoms with Gasteiger partial charge in [0.1, 0.15) is 0 Å². The molecule has 1 aliphatic heterocycles. The summed E-state index contributed by atoms with van der Waals surface area (Å²) in [6, 6.07) is 2.81. The smallest absolute Gasteiger partial charge is 0.0592 e. The maximum atomic E-state index is 6.11. The average Bonchev–Trinajstić information content (AvgIpc) is 2.64. The predicted octanol–water partition coefficient (Wildman–Crippen LogP) is 3.89. The van der Waals surface area contributed by atoms with Crippen LogP contribution in [-0.4, -0.2) is 29.0 Å². The highest BCUT2D eigenvalue weighted by atomic mass is 35.5. The molecule has 0 N–H and O–H groups in total. The number of hydrogen-bond donors (Lipinski definition) is 0. The van der Waals surface area contributed by atoms with Crippen LogP contribution in [0.2, 0.25) is 5.02 Å². The van der Waals surface area contributed by atoms with E-state index >= 15 is 0 Å². The van der Waals surface area contributed by atoms with Gasteiger partial charge in [0.15, 0.2) is 0 Å². The number of likely N-dealkylation sites (tertiary alicyclic amines) is 1. The van der Waals surface area contributed by atoms with Crippen LogP contribution in [0.3, 0.4) is 0 Å². The first kappa shape index (κ1) is 13.4. The number of hydrogen-bond acceptors (Lipinski definition) is 2. The van der Waals surface area contributed by atoms with Crippen molar-refractivity contribution in [3.05, 3.63) is 28.5 Å². The molecule has 3 rings (SSSR count). The Morgan fingerprint density at radius 1 is 1.37 bits per heavy atom. The fourth-order valence-electron chi connectivity index (χ4n) is 3.92. The van der Waals surface area contributed by atoms with Gasteiger partial charge in [-0.2, -0.15) is 0 Å². The molecule has 0 amide bonds. The SMILES string of the molecule is CC(C)N1CCC2(CC1)Cc1ncc(Cl)cc1[C@@H]2C. The number of rotatable bonds is 1. The first-order valence-electron chi connectivity index (χ1n) is 7.40. The van der Waals surface area contributed by atoms with E-state index in [1.807, 2.05) is 0 Å². The topological polar surface area (TPSA) is 16.1 Å². The second kappa shape index (κ2) is 4.75. The van der Waals surface area contributed by atoms with Crippen LogP contribution in [-0.2, 0) is 6.42 Å². The van der Waals surface area contributed by atoms with Gasteiger partial charge in [-0.1, -0.05) is 18.5 Å². The van der Waals surface area contributed by atoms with Gasteiger partial charge in [-0.25, -0.2) is 0 Å². The quantitative estimate of drug-likeness (QED) is 0.775. The fraction of sp³-hybridized carbons (Fsp3) is 0.688. The Labute approximate surface area is 121 Å². The summed E-state index contributed by atoms with van der Waals surface area (Å²) >= 11 is 6.11. The summed E-state index contributed by atoms with van der Waals surface area (Å²) in [4.78, 5) is 7.17. The Kier molecular flexibility index (Phi) is 3.34. The van der Waals surface area contributed by atoms with Crippen molar-refractivity contribution in [3.63, 3.8) is 0 Å². The van der Waals surface area contributed by atoms with Crippen molar-refractivity contribution in [2.24, 2.45) is 5.41 Å². The van der Waals surface area contributed by atoms with E-state index in [0.29, 0.717) is 17.4 Å². The molecule has 0 saturated carbocycles. The number of nitrogens with zero attached hydrogens (tertiary/aromatic N) is 2. The van der Waals surface area contributed by atoms with Gasteiger partial charge in [-0.3, -0.25) is 4.98 Å². The molecule has 19 heavy (non-hydrogen) atoms. The second-order valence-corrected chi connectivity index (χ2v) is 7.02. The third kappa shape index (κ3) is 2.19. The molecule has 1 aromatic heterocycles. The first-order valence-corrected chi connectivity index (χ1v) is 7.78. The first-order chi connectivity index (χ1) is 9.02. The van der Waals surface area contributed by atoms with Gasteiger partial charge < -0.3 is 4.90 Å². The normalized spacial score (nSPS) is 26.1. The molecule has 3 heteroatoms. The molecule has 1 saturated heterocycles. The lowest BCUT2D eigenvalue weighted by Gasteiger charge is -2.43. The van der Waals surface area contributed by atoms with E-state index in [1.165, 1.54) is 37.2 Å². The molecule has 0 unspecified atom stereocenters. The second-order valence-electron chi connectivity index (χ2n) is 6.58. The third-order valence-electron chi connectivity index (χ3n) is 5.40. The summed E-state index contributed by atoms with van der Waals surface area (Å²) in [6.45, 7) is 9.42. The highest BCUT2D eigenvalue weighted by Gasteiger charge is 2.46. The van der Waals surface area contributed by atoms with Gasteiger partial charge in [0.25, 0.3) is 0 Å². The minimum Gasteiger partial charge on any atom is -0.301 e. The number of piperidine rings is 1. The van der Waals surface area contributed by atoms with E-state index in [9.17, 15) is 0 Å². The zero-order valence-corrected chi connectivity index (χ0v) is 12.9. The van der Waals surface area contributed by atoms with Crippen molar-refractivity contribution >= 4 is 11.6 Å². The molecule has 1 atom stereocenters. The molecule has 0 aromatic carbocycles. The lowest BCUT2D eigenvalue weighted by atomic mass is 9.70. The van der Waals surface area contributed by atoms with Crippen LogP contribution in [0.4, 0.5) is 0 Å². The summed E-state index contributed by atoms with van der Waals surface area (Å²) in [5.41, 5.74) is 3.12. The summed E-state index contributed by atoms with van der Waals surface area (Å²) in [5, 5.41) is 0.780. The van der Waals surface area contributed by atoms with Gasteiger partial charge in [0, 0.05) is 17.9 Å². The van der Waals surface area contributed by atoms with Gasteiger partial charge in [-0.15, -0.1) is 0 Å². The van der Waals surface area contributed by atoms with E-state index in [-0.39, 0.29) is 0 Å². The van der Waals surface area contributed by atoms with E-state index in [2.05, 4.69) is 36.7 Å². The minimum atomic E-state index is 0.436. The summed E-state index contributed by atoms with van der Waals surface area (Å²) in [7, 11) is 0. The summed E-state index contributed by atoms with van der Waals surface area (Å²) in [5.74, 6) is 0.600. The van der Waals surface area contributed by atoms with Crippen LogP contribution in [0, 0.1) is 5.41 Å². The largest absolute Gasteiger partial charge is 0.301 e. The lowest BCUT2D eigenvalue weighted by molar-refractivity contribution is 0.0735. The van der Waals surface area contributed by atoms with Crippen LogP contribution in [0.5, 0.6) is 0 Å². The Hall–Kier alpha value is -0.600. The van der Waals surface area contributed by atoms with Crippen LogP contribution in [0.15, 0.2) is 12.3 Å². The van der Waals surface area contributed by atoms with Crippen LogP contribution < -0.4 is 0 Å². The minimum absolute atomic E-state index is 0.436. The van der Waals surface area contributed by atoms with Crippen molar-refractivity contribution in [2.75, 3.05) is 13.1 Å². The summed E-state index contributed by atoms with van der Waals surface area (Å²) in [6.07, 6.45) is 5.53. The Morgan fingerprint density at radius 3 is 2.68 bits per heavy atom. The van der Waals surface area contributed by atoms with Crippen molar-refractivity contribution in [3.8, 4) is 0 Å². The van der Waals surface area contributed by atoms with Crippen molar-refractivity contribution in [1.29, 1.82) is 0 Å². The summed E-state index contributed by atoms with van der Waals surface area (Å²) < 4.78 is 0. The van der Waals surface area contributed by atoms with Crippen LogP contribution in [0.1, 0.15) is 50.8 Å². The fourth-order valence-corrected chi connectivity index (χ4v) is 4.08. The zero-order chi connectivity index (χ0) is 13.6. The average molecular weight is 279 g/mol. The molecule has 1 aromatic rings. The van der Waals surface area contributed by atoms with E-state index in [4.69, 9.17) is 11.6 Å². The highest BCUT2D eigenvalue weighted by Crippen LogP contribution is 2.52. The molecule has 1 aliphatic carbocycles. The highest BCUT2D eigenvalue weighted by molar-refractivity contribution is 6.30. The molecule has 0 radical (unpaired) electrons. The number of halogens is 1. The maximum Gasteiger partial charge on any atom is 0.0592 e. The monoisotopic (exact) mass is 278 g/mol. The number of fused-ring (bicyclic) bond motifs is 1. The molecule has 2 heterocycles. The molecule has 1 spiro atoms. The molecular weight excluding hydrogens is 256 g/mol. The molecule has 2 nitrogen and oxygen atoms in total. The van der Waals surface area contributed by atoms with Gasteiger partial charge >= 0.3 is 0 Å². The van der Waals surface area contributed by atoms with Crippen LogP contribution >= 0.6 is 11.6 Å². The maximum absolute atomic E-state index is 6.11. The Balaban J connectivity index is 1.82. The van der Waals surface area contributed by atoms with E-state index in [1.54, 1.807) is 6.20 Å². The Morgan fingerprint density at radius 2 is 2.05 bits per heavy atom. The molecule has 2 aliphatic rings. The molecule has 1 fully saturated rings. The lowest BCUT2D eigenvalue weighted by Crippen LogP contribution is -2.44. The third-order valence-corrected chi connectivity index (χ3v) is 5.61. The predicted molar refractivity (Wildman–Crippen MR) is 79.7 cm³/mol. The molecule has 0 bridgehead atoms. The van der Waals surface area contributed by atoms with Gasteiger partial charge in [-0.05, 0) is 69.2 Å². The number of pyridine rings is 1. The van der Waals surface area contributed by atoms with Gasteiger partial charge in [0.05, 0.1) is 5.02 Å². The van der Waals surface area contributed by atoms with Crippen molar-refractivity contribution in [1.82, 2.24) is 9.88 Å². The number of aromatic nitrogens is 1. The van der Waals surface area contributed by atoms with Gasteiger partial charge in [0.2, 0.25) is 0 Å². The Bertz CT molecular complexity index is 476. The molecule has 104 valence electrons. The van der Waals surface area contributed by atoms with E-state index < -0.39 is 0 Å². The van der Waals surface area contributed by atoms with E-state index in [0.717, 1.165) is 11.4 Å². The molecular formula is C16H23ClN2. The van der Waals surface area contributed by atoms with Crippen LogP contribution in [0.25, 0.3) is 0 Å². The zero-order valence-electron chi connectivity index (χ0n) is 12.1. The van der Waals surface area contributed by atoms with Crippen molar-refractivity contribution in [2.45, 2.75) is 52.0 Å². The standard InChI is InChI=1S/C16H23ClN2/c1-11(2)19-6-4-16(5-7-19)9-15-14(12(16)3)8-13(17)10-18-15/h8,10-12H,4-7,9H2,1-3H3/t12-/m0/s1. The van der Waals surface area contributed by atoms with Crippen molar-refractivity contribution < 1.29 is 0 Å².